The van der Waals surface area contributed by atoms with E-state index in [1.54, 1.807) is 7.11 Å². The van der Waals surface area contributed by atoms with E-state index < -0.39 is 0 Å². The molecule has 0 unspecified atom stereocenters. The van der Waals surface area contributed by atoms with Crippen molar-refractivity contribution in [1.29, 1.82) is 0 Å². The molecule has 0 amide bonds. The molecule has 0 saturated heterocycles. The summed E-state index contributed by atoms with van der Waals surface area (Å²) in [6.45, 7) is 3.81. The second kappa shape index (κ2) is 11.2. The molecule has 0 spiro atoms. The number of aromatic nitrogens is 2. The average Bonchev–Trinajstić information content (AvgIpc) is 3.60. The molecule has 0 aliphatic carbocycles. The van der Waals surface area contributed by atoms with Crippen LogP contribution in [0.25, 0.3) is 32.9 Å². The van der Waals surface area contributed by atoms with Crippen LogP contribution in [0, 0.1) is 0 Å². The molecule has 0 bridgehead atoms. The molecule has 0 N–H and O–H groups in total. The summed E-state index contributed by atoms with van der Waals surface area (Å²) in [6, 6.07) is 19.4. The minimum atomic E-state index is 0.289. The molecule has 2 aromatic heterocycles. The molecule has 7 nitrogen and oxygen atoms in total. The van der Waals surface area contributed by atoms with Gasteiger partial charge in [-0.15, -0.1) is 0 Å². The van der Waals surface area contributed by atoms with Gasteiger partial charge in [-0.1, -0.05) is 18.2 Å². The zero-order valence-electron chi connectivity index (χ0n) is 24.7. The number of hydrogen-bond donors (Lipinski definition) is 0. The Morgan fingerprint density at radius 3 is 2.67 bits per heavy atom. The average molecular weight is 565 g/mol. The number of unbranched alkanes of at least 4 members (excludes halogenated alkanes) is 2. The summed E-state index contributed by atoms with van der Waals surface area (Å²) < 4.78 is 28.2. The highest BCUT2D eigenvalue weighted by molar-refractivity contribution is 5.92. The number of fused-ring (bicyclic) bond motifs is 6. The molecule has 4 heterocycles. The van der Waals surface area contributed by atoms with Crippen LogP contribution < -0.4 is 23.5 Å². The van der Waals surface area contributed by atoms with Crippen LogP contribution in [-0.4, -0.2) is 44.1 Å². The van der Waals surface area contributed by atoms with Crippen LogP contribution in [0.3, 0.4) is 0 Å². The lowest BCUT2D eigenvalue weighted by atomic mass is 9.95. The van der Waals surface area contributed by atoms with Gasteiger partial charge in [-0.3, -0.25) is 0 Å². The van der Waals surface area contributed by atoms with E-state index in [0.717, 1.165) is 79.1 Å². The van der Waals surface area contributed by atoms with E-state index in [9.17, 15) is 0 Å². The summed E-state index contributed by atoms with van der Waals surface area (Å²) in [7, 11) is 5.96. The minimum absolute atomic E-state index is 0.289. The van der Waals surface area contributed by atoms with Gasteiger partial charge in [0.15, 0.2) is 35.7 Å². The Bertz CT molecular complexity index is 1770. The fourth-order valence-corrected chi connectivity index (χ4v) is 6.42. The van der Waals surface area contributed by atoms with Gasteiger partial charge in [0.2, 0.25) is 12.5 Å². The van der Waals surface area contributed by atoms with E-state index in [1.165, 1.54) is 33.3 Å². The summed E-state index contributed by atoms with van der Waals surface area (Å²) in [5, 5.41) is 3.57. The Hall–Kier alpha value is -4.23. The third-order valence-electron chi connectivity index (χ3n) is 8.44. The van der Waals surface area contributed by atoms with Crippen molar-refractivity contribution in [3.05, 3.63) is 78.1 Å². The lowest BCUT2D eigenvalue weighted by Gasteiger charge is -2.18. The van der Waals surface area contributed by atoms with Crippen LogP contribution in [0.2, 0.25) is 0 Å². The van der Waals surface area contributed by atoms with Crippen molar-refractivity contribution in [1.82, 2.24) is 9.47 Å². The number of rotatable bonds is 10. The molecule has 2 aliphatic rings. The van der Waals surface area contributed by atoms with Crippen LogP contribution in [-0.2, 0) is 26.1 Å². The van der Waals surface area contributed by atoms with Gasteiger partial charge in [-0.25, -0.2) is 0 Å². The maximum Gasteiger partial charge on any atom is 0.231 e. The second-order valence-corrected chi connectivity index (χ2v) is 11.6. The maximum absolute atomic E-state index is 6.45. The Balaban J connectivity index is 1.05. The van der Waals surface area contributed by atoms with Crippen LogP contribution in [0.4, 0.5) is 0 Å². The van der Waals surface area contributed by atoms with E-state index in [1.807, 2.05) is 6.07 Å². The van der Waals surface area contributed by atoms with E-state index in [2.05, 4.69) is 89.1 Å². The maximum atomic E-state index is 6.45. The van der Waals surface area contributed by atoms with Crippen molar-refractivity contribution in [2.75, 3.05) is 34.6 Å². The fourth-order valence-electron chi connectivity index (χ4n) is 6.42. The predicted molar refractivity (Wildman–Crippen MR) is 165 cm³/mol. The first-order chi connectivity index (χ1) is 20.6. The fraction of sp³-hybridized carbons (Fsp3) is 0.343. The van der Waals surface area contributed by atoms with Gasteiger partial charge in [0.1, 0.15) is 0 Å². The first-order valence-electron chi connectivity index (χ1n) is 14.9. The van der Waals surface area contributed by atoms with Gasteiger partial charge in [0.25, 0.3) is 0 Å². The number of benzene rings is 3. The normalized spacial score (nSPS) is 13.5. The molecule has 3 aromatic carbocycles. The van der Waals surface area contributed by atoms with Crippen molar-refractivity contribution in [2.24, 2.45) is 0 Å². The van der Waals surface area contributed by atoms with Crippen LogP contribution in [0.5, 0.6) is 23.0 Å². The summed E-state index contributed by atoms with van der Waals surface area (Å²) >= 11 is 0. The summed E-state index contributed by atoms with van der Waals surface area (Å²) in [4.78, 5) is 2.23. The molecular weight excluding hydrogens is 526 g/mol. The third kappa shape index (κ3) is 4.92. The zero-order chi connectivity index (χ0) is 28.6. The second-order valence-electron chi connectivity index (χ2n) is 11.6. The molecule has 7 heteroatoms. The van der Waals surface area contributed by atoms with Gasteiger partial charge in [0, 0.05) is 42.7 Å². The van der Waals surface area contributed by atoms with Crippen molar-refractivity contribution in [2.45, 2.75) is 45.3 Å². The van der Waals surface area contributed by atoms with Crippen molar-refractivity contribution in [3.63, 3.8) is 0 Å². The quantitative estimate of drug-likeness (QED) is 0.146. The summed E-state index contributed by atoms with van der Waals surface area (Å²) in [6.07, 6.45) is 8.69. The van der Waals surface area contributed by atoms with Gasteiger partial charge < -0.3 is 28.4 Å². The van der Waals surface area contributed by atoms with Gasteiger partial charge in [-0.2, -0.15) is 4.57 Å². The van der Waals surface area contributed by atoms with E-state index in [0.29, 0.717) is 6.61 Å². The Labute approximate surface area is 246 Å². The Kier molecular flexibility index (Phi) is 7.12. The summed E-state index contributed by atoms with van der Waals surface area (Å²) in [5.41, 5.74) is 6.39. The van der Waals surface area contributed by atoms with Crippen LogP contribution in [0.1, 0.15) is 30.4 Å². The lowest BCUT2D eigenvalue weighted by molar-refractivity contribution is -0.686. The molecule has 2 aliphatic heterocycles. The van der Waals surface area contributed by atoms with Crippen LogP contribution in [0.15, 0.2) is 67.0 Å². The number of hydrogen-bond acceptors (Lipinski definition) is 5. The van der Waals surface area contributed by atoms with Crippen molar-refractivity contribution < 1.29 is 23.5 Å². The molecular formula is C35H38N3O4+. The topological polar surface area (TPSA) is 49.0 Å². The number of ether oxygens (including phenoxy) is 4. The first kappa shape index (κ1) is 26.7. The van der Waals surface area contributed by atoms with Gasteiger partial charge >= 0.3 is 0 Å². The van der Waals surface area contributed by atoms with E-state index in [4.69, 9.17) is 18.9 Å². The minimum Gasteiger partial charge on any atom is -0.493 e. The molecule has 0 atom stereocenters. The highest BCUT2D eigenvalue weighted by atomic mass is 16.7. The Morgan fingerprint density at radius 1 is 0.952 bits per heavy atom. The van der Waals surface area contributed by atoms with Crippen molar-refractivity contribution >= 4 is 21.7 Å². The van der Waals surface area contributed by atoms with Gasteiger partial charge in [-0.05, 0) is 80.2 Å². The molecule has 7 rings (SSSR count). The van der Waals surface area contributed by atoms with Crippen molar-refractivity contribution in [3.8, 4) is 34.3 Å². The lowest BCUT2D eigenvalue weighted by Crippen LogP contribution is -2.40. The predicted octanol–water partition coefficient (Wildman–Crippen LogP) is 6.35. The van der Waals surface area contributed by atoms with Crippen LogP contribution >= 0.6 is 0 Å². The molecule has 0 saturated carbocycles. The highest BCUT2D eigenvalue weighted by Gasteiger charge is 2.28. The largest absolute Gasteiger partial charge is 0.493 e. The molecule has 216 valence electrons. The summed E-state index contributed by atoms with van der Waals surface area (Å²) in [5.74, 6) is 3.26. The zero-order valence-corrected chi connectivity index (χ0v) is 24.7. The number of methoxy groups -OCH3 is 1. The third-order valence-corrected chi connectivity index (χ3v) is 8.44. The first-order valence-corrected chi connectivity index (χ1v) is 14.9. The van der Waals surface area contributed by atoms with Gasteiger partial charge in [0.05, 0.1) is 24.7 Å². The highest BCUT2D eigenvalue weighted by Crippen LogP contribution is 2.41. The van der Waals surface area contributed by atoms with E-state index in [-0.39, 0.29) is 6.79 Å². The van der Waals surface area contributed by atoms with E-state index >= 15 is 0 Å². The molecule has 0 radical (unpaired) electrons. The number of nitrogens with zero attached hydrogens (tertiary/aromatic N) is 3. The standard InChI is InChI=1S/C35H38N3O4/c1-36(2)20-26-21-37(30-10-6-5-9-27(26)30)14-7-4-8-16-40-35-29-22-38-15-13-25-18-33-34(42-23-41-33)19-28(25)31(38)17-24(29)11-12-32(35)39-3/h5-6,9-12,17-19,21-22H,4,7-8,13-16,20,23H2,1-3H3/q+1. The smallest absolute Gasteiger partial charge is 0.231 e. The molecule has 0 fully saturated rings. The number of para-hydroxylation sites is 1. The number of aryl methyl sites for hydroxylation is 3. The SMILES string of the molecule is COc1ccc2cc3[n+](cc2c1OCCCCCn1cc(CN(C)C)c2ccccc21)CCc1cc2c(cc1-3)OCO2. The Morgan fingerprint density at radius 2 is 1.81 bits per heavy atom. The molecule has 5 aromatic rings. The monoisotopic (exact) mass is 564 g/mol. The molecule has 42 heavy (non-hydrogen) atoms. The number of pyridine rings is 1.